The largest absolute Gasteiger partial charge is 0.493 e. The van der Waals surface area contributed by atoms with Crippen molar-refractivity contribution in [3.63, 3.8) is 0 Å². The van der Waals surface area contributed by atoms with E-state index in [1.54, 1.807) is 13.4 Å². The number of ether oxygens (including phenoxy) is 2. The molecule has 2 aromatic heterocycles. The molecule has 6 nitrogen and oxygen atoms in total. The first-order valence-corrected chi connectivity index (χ1v) is 10.8. The average Bonchev–Trinajstić information content (AvgIpc) is 3.41. The van der Waals surface area contributed by atoms with Gasteiger partial charge < -0.3 is 9.47 Å². The van der Waals surface area contributed by atoms with Gasteiger partial charge in [0.05, 0.1) is 25.1 Å². The molecule has 2 heterocycles. The van der Waals surface area contributed by atoms with Crippen LogP contribution in [0, 0.1) is 0 Å². The fourth-order valence-electron chi connectivity index (χ4n) is 4.32. The smallest absolute Gasteiger partial charge is 0.162 e. The summed E-state index contributed by atoms with van der Waals surface area (Å²) in [6.07, 6.45) is 7.46. The van der Waals surface area contributed by atoms with Crippen molar-refractivity contribution >= 4 is 11.0 Å². The maximum absolute atomic E-state index is 6.00. The molecule has 0 N–H and O–H groups in total. The van der Waals surface area contributed by atoms with E-state index in [2.05, 4.69) is 45.8 Å². The Bertz CT molecular complexity index is 1190. The third-order valence-corrected chi connectivity index (χ3v) is 5.94. The van der Waals surface area contributed by atoms with Crippen LogP contribution in [0.15, 0.2) is 55.0 Å². The Morgan fingerprint density at radius 2 is 1.87 bits per heavy atom. The SMILES string of the molecule is CCCCOc1cc(-c2nn(C3Cc4ccccc4C3)c3ncncc23)ccc1OC. The Morgan fingerprint density at radius 1 is 1.06 bits per heavy atom. The van der Waals surface area contributed by atoms with E-state index < -0.39 is 0 Å². The van der Waals surface area contributed by atoms with Gasteiger partial charge in [-0.1, -0.05) is 37.6 Å². The average molecular weight is 415 g/mol. The van der Waals surface area contributed by atoms with E-state index in [-0.39, 0.29) is 6.04 Å². The van der Waals surface area contributed by atoms with Crippen molar-refractivity contribution in [2.24, 2.45) is 0 Å². The summed E-state index contributed by atoms with van der Waals surface area (Å²) in [6, 6.07) is 14.9. The minimum absolute atomic E-state index is 0.252. The van der Waals surface area contributed by atoms with Crippen molar-refractivity contribution in [2.75, 3.05) is 13.7 Å². The molecule has 2 aromatic carbocycles. The highest BCUT2D eigenvalue weighted by Gasteiger charge is 2.26. The molecule has 158 valence electrons. The summed E-state index contributed by atoms with van der Waals surface area (Å²) in [4.78, 5) is 8.86. The summed E-state index contributed by atoms with van der Waals surface area (Å²) >= 11 is 0. The van der Waals surface area contributed by atoms with Gasteiger partial charge in [-0.15, -0.1) is 0 Å². The van der Waals surface area contributed by atoms with Crippen LogP contribution in [-0.2, 0) is 12.8 Å². The second-order valence-electron chi connectivity index (χ2n) is 7.95. The molecule has 0 bridgehead atoms. The monoisotopic (exact) mass is 414 g/mol. The Kier molecular flexibility index (Phi) is 5.28. The van der Waals surface area contributed by atoms with E-state index in [4.69, 9.17) is 14.6 Å². The number of benzene rings is 2. The molecule has 0 aliphatic heterocycles. The number of methoxy groups -OCH3 is 1. The summed E-state index contributed by atoms with van der Waals surface area (Å²) < 4.78 is 13.6. The molecule has 1 aliphatic carbocycles. The first kappa shape index (κ1) is 19.5. The van der Waals surface area contributed by atoms with Crippen molar-refractivity contribution in [3.05, 3.63) is 66.1 Å². The van der Waals surface area contributed by atoms with Gasteiger partial charge in [-0.2, -0.15) is 5.10 Å². The molecule has 0 fully saturated rings. The topological polar surface area (TPSA) is 62.1 Å². The molecule has 6 heteroatoms. The highest BCUT2D eigenvalue weighted by atomic mass is 16.5. The second kappa shape index (κ2) is 8.38. The summed E-state index contributed by atoms with van der Waals surface area (Å²) in [5.41, 5.74) is 5.49. The van der Waals surface area contributed by atoms with Crippen molar-refractivity contribution in [2.45, 2.75) is 38.6 Å². The van der Waals surface area contributed by atoms with Gasteiger partial charge in [-0.3, -0.25) is 0 Å². The van der Waals surface area contributed by atoms with E-state index in [0.29, 0.717) is 6.61 Å². The molecule has 5 rings (SSSR count). The number of fused-ring (bicyclic) bond motifs is 2. The van der Waals surface area contributed by atoms with Gasteiger partial charge >= 0.3 is 0 Å². The zero-order valence-corrected chi connectivity index (χ0v) is 17.9. The lowest BCUT2D eigenvalue weighted by atomic mass is 10.1. The summed E-state index contributed by atoms with van der Waals surface area (Å²) in [6.45, 7) is 2.81. The first-order valence-electron chi connectivity index (χ1n) is 10.8. The molecule has 0 saturated heterocycles. The number of rotatable bonds is 7. The van der Waals surface area contributed by atoms with Crippen LogP contribution in [0.4, 0.5) is 0 Å². The molecular formula is C25H26N4O2. The number of nitrogens with zero attached hydrogens (tertiary/aromatic N) is 4. The third kappa shape index (κ3) is 3.63. The molecule has 0 radical (unpaired) electrons. The lowest BCUT2D eigenvalue weighted by Crippen LogP contribution is -2.11. The predicted molar refractivity (Wildman–Crippen MR) is 121 cm³/mol. The minimum Gasteiger partial charge on any atom is -0.493 e. The molecule has 0 saturated carbocycles. The highest BCUT2D eigenvalue weighted by molar-refractivity contribution is 5.91. The van der Waals surface area contributed by atoms with Gasteiger partial charge in [0.2, 0.25) is 0 Å². The number of hydrogen-bond donors (Lipinski definition) is 0. The van der Waals surface area contributed by atoms with Crippen LogP contribution in [0.2, 0.25) is 0 Å². The fourth-order valence-corrected chi connectivity index (χ4v) is 4.32. The molecule has 0 spiro atoms. The molecule has 4 aromatic rings. The summed E-state index contributed by atoms with van der Waals surface area (Å²) in [5.74, 6) is 1.47. The molecule has 1 aliphatic rings. The van der Waals surface area contributed by atoms with Gasteiger partial charge in [0.25, 0.3) is 0 Å². The van der Waals surface area contributed by atoms with Crippen molar-refractivity contribution < 1.29 is 9.47 Å². The number of aromatic nitrogens is 4. The molecular weight excluding hydrogens is 388 g/mol. The van der Waals surface area contributed by atoms with Crippen LogP contribution in [0.1, 0.15) is 36.9 Å². The van der Waals surface area contributed by atoms with E-state index in [0.717, 1.165) is 59.5 Å². The highest BCUT2D eigenvalue weighted by Crippen LogP contribution is 2.37. The normalized spacial score (nSPS) is 13.5. The summed E-state index contributed by atoms with van der Waals surface area (Å²) in [7, 11) is 1.66. The van der Waals surface area contributed by atoms with Gasteiger partial charge in [0.1, 0.15) is 12.0 Å². The van der Waals surface area contributed by atoms with Gasteiger partial charge in [0, 0.05) is 11.8 Å². The standard InChI is InChI=1S/C25H26N4O2/c1-3-4-11-31-23-14-19(9-10-22(23)30-2)24-21-15-26-16-27-25(21)29(28-24)20-12-17-7-5-6-8-18(17)13-20/h5-10,14-16,20H,3-4,11-13H2,1-2H3. The van der Waals surface area contributed by atoms with Crippen molar-refractivity contribution in [3.8, 4) is 22.8 Å². The lowest BCUT2D eigenvalue weighted by molar-refractivity contribution is 0.288. The predicted octanol–water partition coefficient (Wildman–Crippen LogP) is 5.02. The quantitative estimate of drug-likeness (QED) is 0.397. The van der Waals surface area contributed by atoms with E-state index in [1.807, 2.05) is 24.4 Å². The number of hydrogen-bond acceptors (Lipinski definition) is 5. The van der Waals surface area contributed by atoms with Crippen LogP contribution >= 0.6 is 0 Å². The molecule has 0 amide bonds. The van der Waals surface area contributed by atoms with Gasteiger partial charge in [-0.25, -0.2) is 14.6 Å². The Balaban J connectivity index is 1.55. The van der Waals surface area contributed by atoms with E-state index >= 15 is 0 Å². The van der Waals surface area contributed by atoms with Crippen molar-refractivity contribution in [1.82, 2.24) is 19.7 Å². The van der Waals surface area contributed by atoms with Crippen LogP contribution in [-0.4, -0.2) is 33.5 Å². The Morgan fingerprint density at radius 3 is 2.61 bits per heavy atom. The number of unbranched alkanes of at least 4 members (excludes halogenated alkanes) is 1. The van der Waals surface area contributed by atoms with E-state index in [1.165, 1.54) is 11.1 Å². The minimum atomic E-state index is 0.252. The summed E-state index contributed by atoms with van der Waals surface area (Å²) in [5, 5.41) is 5.98. The second-order valence-corrected chi connectivity index (χ2v) is 7.95. The molecule has 31 heavy (non-hydrogen) atoms. The van der Waals surface area contributed by atoms with Crippen LogP contribution in [0.3, 0.4) is 0 Å². The van der Waals surface area contributed by atoms with Gasteiger partial charge in [-0.05, 0) is 48.6 Å². The lowest BCUT2D eigenvalue weighted by Gasteiger charge is -2.12. The Hall–Kier alpha value is -3.41. The zero-order valence-electron chi connectivity index (χ0n) is 17.9. The van der Waals surface area contributed by atoms with Crippen molar-refractivity contribution in [1.29, 1.82) is 0 Å². The van der Waals surface area contributed by atoms with Crippen LogP contribution < -0.4 is 9.47 Å². The Labute approximate surface area is 181 Å². The molecule has 0 atom stereocenters. The van der Waals surface area contributed by atoms with Gasteiger partial charge in [0.15, 0.2) is 17.1 Å². The first-order chi connectivity index (χ1) is 15.3. The molecule has 0 unspecified atom stereocenters. The maximum atomic E-state index is 6.00. The maximum Gasteiger partial charge on any atom is 0.162 e. The van der Waals surface area contributed by atoms with Crippen LogP contribution in [0.5, 0.6) is 11.5 Å². The fraction of sp³-hybridized carbons (Fsp3) is 0.320. The zero-order chi connectivity index (χ0) is 21.2. The third-order valence-electron chi connectivity index (χ3n) is 5.94. The van der Waals surface area contributed by atoms with E-state index in [9.17, 15) is 0 Å². The van der Waals surface area contributed by atoms with Crippen LogP contribution in [0.25, 0.3) is 22.3 Å².